The molecule has 0 saturated heterocycles. The summed E-state index contributed by atoms with van der Waals surface area (Å²) in [5.74, 6) is 0.607. The van der Waals surface area contributed by atoms with Crippen LogP contribution in [0.3, 0.4) is 0 Å². The number of nitrogens with one attached hydrogen (secondary N) is 1. The predicted octanol–water partition coefficient (Wildman–Crippen LogP) is 2.50. The SMILES string of the molecule is CC(N)CCc1ncc(-c2ccccc2F)[nH]1. The van der Waals surface area contributed by atoms with E-state index in [-0.39, 0.29) is 11.9 Å². The van der Waals surface area contributed by atoms with Crippen LogP contribution in [0.5, 0.6) is 0 Å². The van der Waals surface area contributed by atoms with E-state index in [0.717, 1.165) is 18.7 Å². The molecular formula is C13H16FN3. The molecule has 0 fully saturated rings. The molecule has 0 aliphatic carbocycles. The number of nitrogens with zero attached hydrogens (tertiary/aromatic N) is 1. The summed E-state index contributed by atoms with van der Waals surface area (Å²) < 4.78 is 13.5. The summed E-state index contributed by atoms with van der Waals surface area (Å²) in [4.78, 5) is 7.35. The van der Waals surface area contributed by atoms with Gasteiger partial charge in [-0.1, -0.05) is 12.1 Å². The van der Waals surface area contributed by atoms with Crippen molar-refractivity contribution in [2.45, 2.75) is 25.8 Å². The van der Waals surface area contributed by atoms with Gasteiger partial charge in [-0.05, 0) is 25.5 Å². The largest absolute Gasteiger partial charge is 0.342 e. The maximum absolute atomic E-state index is 13.5. The van der Waals surface area contributed by atoms with Crippen LogP contribution in [0.1, 0.15) is 19.2 Å². The molecule has 1 heterocycles. The summed E-state index contributed by atoms with van der Waals surface area (Å²) in [6, 6.07) is 6.81. The van der Waals surface area contributed by atoms with Gasteiger partial charge in [-0.3, -0.25) is 0 Å². The summed E-state index contributed by atoms with van der Waals surface area (Å²) in [7, 11) is 0. The number of benzene rings is 1. The molecule has 0 saturated carbocycles. The van der Waals surface area contributed by atoms with Crippen molar-refractivity contribution in [1.29, 1.82) is 0 Å². The third kappa shape index (κ3) is 2.91. The summed E-state index contributed by atoms with van der Waals surface area (Å²) in [6.45, 7) is 1.96. The molecule has 0 radical (unpaired) electrons. The van der Waals surface area contributed by atoms with Gasteiger partial charge in [0.05, 0.1) is 11.9 Å². The van der Waals surface area contributed by atoms with Crippen LogP contribution in [-0.4, -0.2) is 16.0 Å². The van der Waals surface area contributed by atoms with Crippen LogP contribution in [0, 0.1) is 5.82 Å². The molecule has 17 heavy (non-hydrogen) atoms. The molecule has 1 unspecified atom stereocenters. The molecule has 4 heteroatoms. The second kappa shape index (κ2) is 5.10. The van der Waals surface area contributed by atoms with Crippen molar-refractivity contribution in [3.63, 3.8) is 0 Å². The number of nitrogens with two attached hydrogens (primary N) is 1. The predicted molar refractivity (Wildman–Crippen MR) is 66.0 cm³/mol. The molecule has 90 valence electrons. The molecule has 0 spiro atoms. The minimum Gasteiger partial charge on any atom is -0.342 e. The Morgan fingerprint density at radius 1 is 1.41 bits per heavy atom. The first-order valence-electron chi connectivity index (χ1n) is 5.71. The van der Waals surface area contributed by atoms with Crippen LogP contribution >= 0.6 is 0 Å². The number of aryl methyl sites for hydroxylation is 1. The lowest BCUT2D eigenvalue weighted by Crippen LogP contribution is -2.15. The van der Waals surface area contributed by atoms with Gasteiger partial charge in [-0.15, -0.1) is 0 Å². The van der Waals surface area contributed by atoms with Crippen molar-refractivity contribution >= 4 is 0 Å². The quantitative estimate of drug-likeness (QED) is 0.852. The zero-order valence-electron chi connectivity index (χ0n) is 9.78. The van der Waals surface area contributed by atoms with Crippen molar-refractivity contribution in [2.75, 3.05) is 0 Å². The Hall–Kier alpha value is -1.68. The highest BCUT2D eigenvalue weighted by atomic mass is 19.1. The van der Waals surface area contributed by atoms with Crippen molar-refractivity contribution in [3.05, 3.63) is 42.1 Å². The summed E-state index contributed by atoms with van der Waals surface area (Å²) in [5.41, 5.74) is 6.94. The Balaban J connectivity index is 2.16. The van der Waals surface area contributed by atoms with E-state index in [1.54, 1.807) is 24.4 Å². The van der Waals surface area contributed by atoms with E-state index >= 15 is 0 Å². The molecule has 1 atom stereocenters. The number of aromatic nitrogens is 2. The highest BCUT2D eigenvalue weighted by Gasteiger charge is 2.07. The molecule has 0 amide bonds. The van der Waals surface area contributed by atoms with Gasteiger partial charge in [-0.2, -0.15) is 0 Å². The molecule has 3 N–H and O–H groups in total. The van der Waals surface area contributed by atoms with Gasteiger partial charge in [0.15, 0.2) is 0 Å². The van der Waals surface area contributed by atoms with E-state index < -0.39 is 0 Å². The second-order valence-corrected chi connectivity index (χ2v) is 4.24. The number of aromatic amines is 1. The number of H-pyrrole nitrogens is 1. The van der Waals surface area contributed by atoms with Gasteiger partial charge in [0.25, 0.3) is 0 Å². The van der Waals surface area contributed by atoms with Crippen LogP contribution in [0.4, 0.5) is 4.39 Å². The van der Waals surface area contributed by atoms with E-state index in [1.165, 1.54) is 6.07 Å². The smallest absolute Gasteiger partial charge is 0.132 e. The van der Waals surface area contributed by atoms with E-state index in [0.29, 0.717) is 11.3 Å². The highest BCUT2D eigenvalue weighted by molar-refractivity contribution is 5.59. The van der Waals surface area contributed by atoms with Crippen LogP contribution < -0.4 is 5.73 Å². The van der Waals surface area contributed by atoms with E-state index in [2.05, 4.69) is 9.97 Å². The van der Waals surface area contributed by atoms with Gasteiger partial charge in [0.2, 0.25) is 0 Å². The lowest BCUT2D eigenvalue weighted by molar-refractivity contribution is 0.630. The average Bonchev–Trinajstić information content (AvgIpc) is 2.75. The fourth-order valence-electron chi connectivity index (χ4n) is 1.67. The third-order valence-electron chi connectivity index (χ3n) is 2.63. The number of hydrogen-bond acceptors (Lipinski definition) is 2. The van der Waals surface area contributed by atoms with Crippen LogP contribution in [0.2, 0.25) is 0 Å². The van der Waals surface area contributed by atoms with Crippen molar-refractivity contribution in [2.24, 2.45) is 5.73 Å². The zero-order chi connectivity index (χ0) is 12.3. The third-order valence-corrected chi connectivity index (χ3v) is 2.63. The molecule has 2 rings (SSSR count). The van der Waals surface area contributed by atoms with Crippen LogP contribution in [0.15, 0.2) is 30.5 Å². The van der Waals surface area contributed by atoms with E-state index in [4.69, 9.17) is 5.73 Å². The van der Waals surface area contributed by atoms with Gasteiger partial charge >= 0.3 is 0 Å². The molecule has 2 aromatic rings. The summed E-state index contributed by atoms with van der Waals surface area (Å²) in [5, 5.41) is 0. The number of halogens is 1. The van der Waals surface area contributed by atoms with Gasteiger partial charge in [0, 0.05) is 18.0 Å². The molecular weight excluding hydrogens is 217 g/mol. The zero-order valence-corrected chi connectivity index (χ0v) is 9.78. The van der Waals surface area contributed by atoms with Gasteiger partial charge in [-0.25, -0.2) is 9.37 Å². The average molecular weight is 233 g/mol. The fraction of sp³-hybridized carbons (Fsp3) is 0.308. The van der Waals surface area contributed by atoms with Crippen molar-refractivity contribution in [1.82, 2.24) is 9.97 Å². The Morgan fingerprint density at radius 3 is 2.88 bits per heavy atom. The van der Waals surface area contributed by atoms with E-state index in [9.17, 15) is 4.39 Å². The van der Waals surface area contributed by atoms with Crippen LogP contribution in [-0.2, 0) is 6.42 Å². The first kappa shape index (κ1) is 11.8. The molecule has 0 bridgehead atoms. The van der Waals surface area contributed by atoms with Crippen molar-refractivity contribution in [3.8, 4) is 11.3 Å². The van der Waals surface area contributed by atoms with Crippen molar-refractivity contribution < 1.29 is 4.39 Å². The first-order valence-corrected chi connectivity index (χ1v) is 5.71. The normalized spacial score (nSPS) is 12.6. The molecule has 0 aliphatic heterocycles. The lowest BCUT2D eigenvalue weighted by atomic mass is 10.1. The Kier molecular flexibility index (Phi) is 3.54. The Labute approximate surface area is 99.9 Å². The number of rotatable bonds is 4. The first-order chi connectivity index (χ1) is 8.16. The monoisotopic (exact) mass is 233 g/mol. The second-order valence-electron chi connectivity index (χ2n) is 4.24. The summed E-state index contributed by atoms with van der Waals surface area (Å²) >= 11 is 0. The van der Waals surface area contributed by atoms with Gasteiger partial charge < -0.3 is 10.7 Å². The highest BCUT2D eigenvalue weighted by Crippen LogP contribution is 2.20. The molecule has 3 nitrogen and oxygen atoms in total. The minimum absolute atomic E-state index is 0.150. The van der Waals surface area contributed by atoms with E-state index in [1.807, 2.05) is 6.92 Å². The van der Waals surface area contributed by atoms with Crippen LogP contribution in [0.25, 0.3) is 11.3 Å². The molecule has 1 aromatic carbocycles. The topological polar surface area (TPSA) is 54.7 Å². The Morgan fingerprint density at radius 2 is 2.18 bits per heavy atom. The molecule has 0 aliphatic rings. The fourth-order valence-corrected chi connectivity index (χ4v) is 1.67. The molecule has 1 aromatic heterocycles. The summed E-state index contributed by atoms with van der Waals surface area (Å²) in [6.07, 6.45) is 3.31. The van der Waals surface area contributed by atoms with Gasteiger partial charge in [0.1, 0.15) is 11.6 Å². The Bertz CT molecular complexity index is 491. The minimum atomic E-state index is -0.241. The lowest BCUT2D eigenvalue weighted by Gasteiger charge is -2.02. The maximum atomic E-state index is 13.5. The maximum Gasteiger partial charge on any atom is 0.132 e. The number of hydrogen-bond donors (Lipinski definition) is 2. The standard InChI is InChI=1S/C13H16FN3/c1-9(15)6-7-13-16-8-12(17-13)10-4-2-3-5-11(10)14/h2-5,8-9H,6-7,15H2,1H3,(H,16,17). The number of imidazole rings is 1.